The fourth-order valence-electron chi connectivity index (χ4n) is 2.50. The molecule has 0 amide bonds. The molecule has 3 aromatic rings. The summed E-state index contributed by atoms with van der Waals surface area (Å²) in [5.74, 6) is -0.153. The molecular weight excluding hydrogens is 290 g/mol. The van der Waals surface area contributed by atoms with Gasteiger partial charge in [0.05, 0.1) is 5.39 Å². The normalized spacial score (nSPS) is 10.8. The molecule has 0 aliphatic carbocycles. The Morgan fingerprint density at radius 1 is 1.09 bits per heavy atom. The Bertz CT molecular complexity index is 898. The summed E-state index contributed by atoms with van der Waals surface area (Å²) < 4.78 is 1.12. The van der Waals surface area contributed by atoms with Gasteiger partial charge in [-0.05, 0) is 24.1 Å². The van der Waals surface area contributed by atoms with E-state index in [2.05, 4.69) is 17.2 Å². The van der Waals surface area contributed by atoms with E-state index in [4.69, 9.17) is 0 Å². The topological polar surface area (TPSA) is 64.8 Å². The number of ketones is 1. The van der Waals surface area contributed by atoms with Crippen LogP contribution in [0.15, 0.2) is 53.3 Å². The maximum atomic E-state index is 12.3. The van der Waals surface area contributed by atoms with E-state index in [1.807, 2.05) is 12.1 Å². The number of aromatic nitrogens is 3. The van der Waals surface area contributed by atoms with Crippen molar-refractivity contribution in [2.24, 2.45) is 0 Å². The van der Waals surface area contributed by atoms with Crippen LogP contribution in [0.2, 0.25) is 0 Å². The van der Waals surface area contributed by atoms with E-state index in [0.717, 1.165) is 17.5 Å². The highest BCUT2D eigenvalue weighted by molar-refractivity contribution is 5.96. The van der Waals surface area contributed by atoms with Crippen molar-refractivity contribution in [1.29, 1.82) is 0 Å². The van der Waals surface area contributed by atoms with Gasteiger partial charge in [0.25, 0.3) is 5.56 Å². The van der Waals surface area contributed by atoms with Crippen molar-refractivity contribution in [2.45, 2.75) is 26.3 Å². The molecule has 0 unspecified atom stereocenters. The summed E-state index contributed by atoms with van der Waals surface area (Å²) in [7, 11) is 0. The largest absolute Gasteiger partial charge is 0.292 e. The second-order valence-corrected chi connectivity index (χ2v) is 5.44. The highest BCUT2D eigenvalue weighted by Gasteiger charge is 2.11. The van der Waals surface area contributed by atoms with Crippen molar-refractivity contribution >= 4 is 16.7 Å². The third-order valence-electron chi connectivity index (χ3n) is 3.74. The molecule has 116 valence electrons. The predicted molar refractivity (Wildman–Crippen MR) is 88.6 cm³/mol. The molecule has 0 saturated carbocycles. The number of Topliss-reactive ketones (excluding diaryl/α,β-unsaturated/α-hetero) is 1. The van der Waals surface area contributed by atoms with E-state index in [0.29, 0.717) is 16.5 Å². The Balaban J connectivity index is 1.85. The van der Waals surface area contributed by atoms with Gasteiger partial charge in [-0.2, -0.15) is 0 Å². The van der Waals surface area contributed by atoms with Gasteiger partial charge in [-0.15, -0.1) is 5.10 Å². The van der Waals surface area contributed by atoms with Crippen LogP contribution < -0.4 is 5.56 Å². The maximum absolute atomic E-state index is 12.3. The van der Waals surface area contributed by atoms with Gasteiger partial charge in [0, 0.05) is 5.56 Å². The van der Waals surface area contributed by atoms with E-state index in [1.54, 1.807) is 36.4 Å². The molecule has 0 fully saturated rings. The number of aryl methyl sites for hydroxylation is 1. The third kappa shape index (κ3) is 3.18. The van der Waals surface area contributed by atoms with Gasteiger partial charge in [0.2, 0.25) is 0 Å². The van der Waals surface area contributed by atoms with Gasteiger partial charge in [0.15, 0.2) is 5.78 Å². The first-order valence-corrected chi connectivity index (χ1v) is 7.63. The molecule has 0 spiro atoms. The first kappa shape index (κ1) is 15.1. The van der Waals surface area contributed by atoms with Crippen molar-refractivity contribution in [3.8, 4) is 0 Å². The highest BCUT2D eigenvalue weighted by Crippen LogP contribution is 2.08. The van der Waals surface area contributed by atoms with Crippen LogP contribution in [0.3, 0.4) is 0 Å². The van der Waals surface area contributed by atoms with Crippen molar-refractivity contribution in [3.05, 3.63) is 70.0 Å². The smallest absolute Gasteiger partial charge is 0.278 e. The van der Waals surface area contributed by atoms with E-state index >= 15 is 0 Å². The van der Waals surface area contributed by atoms with Crippen LogP contribution >= 0.6 is 0 Å². The summed E-state index contributed by atoms with van der Waals surface area (Å²) in [5.41, 5.74) is 2.01. The molecule has 3 rings (SSSR count). The van der Waals surface area contributed by atoms with Crippen molar-refractivity contribution in [1.82, 2.24) is 15.0 Å². The van der Waals surface area contributed by atoms with E-state index in [-0.39, 0.29) is 17.9 Å². The molecule has 0 saturated heterocycles. The van der Waals surface area contributed by atoms with Crippen molar-refractivity contribution in [3.63, 3.8) is 0 Å². The molecule has 23 heavy (non-hydrogen) atoms. The van der Waals surface area contributed by atoms with Gasteiger partial charge in [-0.3, -0.25) is 9.59 Å². The Hall–Kier alpha value is -2.82. The molecule has 0 aliphatic heterocycles. The average molecular weight is 307 g/mol. The number of nitrogens with zero attached hydrogens (tertiary/aromatic N) is 3. The number of carbonyl (C=O) groups excluding carboxylic acids is 1. The number of benzene rings is 2. The summed E-state index contributed by atoms with van der Waals surface area (Å²) in [6.07, 6.45) is 2.06. The van der Waals surface area contributed by atoms with Crippen LogP contribution in [-0.4, -0.2) is 20.8 Å². The van der Waals surface area contributed by atoms with Gasteiger partial charge in [-0.25, -0.2) is 4.68 Å². The van der Waals surface area contributed by atoms with E-state index < -0.39 is 0 Å². The molecule has 0 N–H and O–H groups in total. The first-order valence-electron chi connectivity index (χ1n) is 7.63. The SMILES string of the molecule is CCCc1ccc(C(=O)Cn2nnc3ccccc3c2=O)cc1. The number of hydrogen-bond donors (Lipinski definition) is 0. The second kappa shape index (κ2) is 6.52. The van der Waals surface area contributed by atoms with Crippen LogP contribution in [0.25, 0.3) is 10.9 Å². The lowest BCUT2D eigenvalue weighted by Gasteiger charge is -2.05. The Labute approximate surface area is 133 Å². The molecule has 0 bridgehead atoms. The summed E-state index contributed by atoms with van der Waals surface area (Å²) in [6, 6.07) is 14.5. The van der Waals surface area contributed by atoms with Gasteiger partial charge in [0.1, 0.15) is 12.1 Å². The van der Waals surface area contributed by atoms with Crippen LogP contribution in [0.1, 0.15) is 29.3 Å². The van der Waals surface area contributed by atoms with E-state index in [1.165, 1.54) is 5.56 Å². The Morgan fingerprint density at radius 2 is 1.83 bits per heavy atom. The number of hydrogen-bond acceptors (Lipinski definition) is 4. The number of carbonyl (C=O) groups is 1. The highest BCUT2D eigenvalue weighted by atomic mass is 16.1. The monoisotopic (exact) mass is 307 g/mol. The van der Waals surface area contributed by atoms with Crippen LogP contribution in [0.5, 0.6) is 0 Å². The predicted octanol–water partition coefficient (Wildman–Crippen LogP) is 2.63. The maximum Gasteiger partial charge on any atom is 0.278 e. The second-order valence-electron chi connectivity index (χ2n) is 5.44. The molecule has 1 aromatic heterocycles. The minimum Gasteiger partial charge on any atom is -0.292 e. The number of rotatable bonds is 5. The summed E-state index contributed by atoms with van der Waals surface area (Å²) in [5, 5.41) is 8.31. The first-order chi connectivity index (χ1) is 11.2. The molecule has 5 nitrogen and oxygen atoms in total. The van der Waals surface area contributed by atoms with Crippen LogP contribution in [0, 0.1) is 0 Å². The standard InChI is InChI=1S/C18H17N3O2/c1-2-5-13-8-10-14(11-9-13)17(22)12-21-18(23)15-6-3-4-7-16(15)19-20-21/h3-4,6-11H,2,5,12H2,1H3. The average Bonchev–Trinajstić information content (AvgIpc) is 2.58. The molecule has 5 heteroatoms. The molecule has 0 radical (unpaired) electrons. The van der Waals surface area contributed by atoms with Crippen LogP contribution in [0.4, 0.5) is 0 Å². The molecular formula is C18H17N3O2. The Morgan fingerprint density at radius 3 is 2.57 bits per heavy atom. The lowest BCUT2D eigenvalue weighted by Crippen LogP contribution is -2.27. The lowest BCUT2D eigenvalue weighted by molar-refractivity contribution is 0.0964. The van der Waals surface area contributed by atoms with E-state index in [9.17, 15) is 9.59 Å². The third-order valence-corrected chi connectivity index (χ3v) is 3.74. The molecule has 0 atom stereocenters. The minimum atomic E-state index is -0.299. The number of fused-ring (bicyclic) bond motifs is 1. The Kier molecular flexibility index (Phi) is 4.28. The summed E-state index contributed by atoms with van der Waals surface area (Å²) in [4.78, 5) is 24.7. The van der Waals surface area contributed by atoms with Crippen molar-refractivity contribution < 1.29 is 4.79 Å². The molecule has 2 aromatic carbocycles. The lowest BCUT2D eigenvalue weighted by atomic mass is 10.1. The quantitative estimate of drug-likeness (QED) is 0.680. The molecule has 0 aliphatic rings. The zero-order valence-electron chi connectivity index (χ0n) is 12.9. The fourth-order valence-corrected chi connectivity index (χ4v) is 2.50. The zero-order chi connectivity index (χ0) is 16.2. The minimum absolute atomic E-state index is 0.107. The van der Waals surface area contributed by atoms with Gasteiger partial charge in [-0.1, -0.05) is 55.0 Å². The van der Waals surface area contributed by atoms with Gasteiger partial charge >= 0.3 is 0 Å². The fraction of sp³-hybridized carbons (Fsp3) is 0.222. The summed E-state index contributed by atoms with van der Waals surface area (Å²) >= 11 is 0. The molecule has 1 heterocycles. The van der Waals surface area contributed by atoms with Crippen molar-refractivity contribution in [2.75, 3.05) is 0 Å². The summed E-state index contributed by atoms with van der Waals surface area (Å²) in [6.45, 7) is 2.01. The van der Waals surface area contributed by atoms with Crippen LogP contribution in [-0.2, 0) is 13.0 Å². The van der Waals surface area contributed by atoms with Gasteiger partial charge < -0.3 is 0 Å². The zero-order valence-corrected chi connectivity index (χ0v) is 12.9.